The van der Waals surface area contributed by atoms with Crippen molar-refractivity contribution in [3.05, 3.63) is 0 Å². The second-order valence-corrected chi connectivity index (χ2v) is 2.34. The first-order valence-corrected chi connectivity index (χ1v) is 2.83. The first-order chi connectivity index (χ1) is 3.55. The minimum Gasteiger partial charge on any atom is -0.480 e. The molecule has 0 heterocycles. The van der Waals surface area contributed by atoms with E-state index in [1.54, 1.807) is 0 Å². The smallest absolute Gasteiger partial charge is 0.480 e. The van der Waals surface area contributed by atoms with Crippen molar-refractivity contribution in [2.45, 2.75) is 39.8 Å². The van der Waals surface area contributed by atoms with Gasteiger partial charge in [0, 0.05) is 7.98 Å². The van der Waals surface area contributed by atoms with E-state index in [1.807, 2.05) is 0 Å². The molecule has 50 valence electrons. The molecule has 0 N–H and O–H groups in total. The second-order valence-electron chi connectivity index (χ2n) is 2.34. The zero-order chi connectivity index (χ0) is 6.73. The monoisotopic (exact) mass is 121 g/mol. The number of nitrogens with zero attached hydrogens (tertiary/aromatic N) is 1. The van der Waals surface area contributed by atoms with E-state index in [2.05, 4.69) is 32.5 Å². The van der Waals surface area contributed by atoms with Crippen LogP contribution in [0, 0.1) is 0 Å². The molecule has 0 rings (SSSR count). The molecule has 1 nitrogen and oxygen atoms in total. The summed E-state index contributed by atoms with van der Waals surface area (Å²) in [4.78, 5) is 2.58. The third-order valence-corrected chi connectivity index (χ3v) is 0.596. The standard InChI is InChI=1S/C6H17BN.Li/c1-5(2)8(7)6(3)4;/h5-6H,1-4,7H3;/q-1;+1. The summed E-state index contributed by atoms with van der Waals surface area (Å²) in [6, 6.07) is 1.57. The van der Waals surface area contributed by atoms with Gasteiger partial charge in [0.05, 0.1) is 0 Å². The largest absolute Gasteiger partial charge is 1.00 e. The third kappa shape index (κ3) is 5.09. The van der Waals surface area contributed by atoms with Gasteiger partial charge in [-0.2, -0.15) is 0 Å². The van der Waals surface area contributed by atoms with Gasteiger partial charge in [-0.15, -0.1) is 0 Å². The van der Waals surface area contributed by atoms with Crippen LogP contribution in [0.25, 0.3) is 0 Å². The summed E-state index contributed by atoms with van der Waals surface area (Å²) in [5, 5.41) is 0. The van der Waals surface area contributed by atoms with Crippen molar-refractivity contribution in [1.29, 1.82) is 0 Å². The Hall–Kier alpha value is 0.622. The SMILES string of the molecule is [BH3-]N(C(C)C)C(C)C.[Li+]. The minimum atomic E-state index is 0. The van der Waals surface area contributed by atoms with E-state index in [0.717, 1.165) is 12.1 Å². The van der Waals surface area contributed by atoms with Crippen molar-refractivity contribution in [3.8, 4) is 0 Å². The Bertz CT molecular complexity index is 58.1. The van der Waals surface area contributed by atoms with E-state index >= 15 is 0 Å². The molecule has 0 unspecified atom stereocenters. The molecule has 0 bridgehead atoms. The van der Waals surface area contributed by atoms with Crippen molar-refractivity contribution < 1.29 is 18.9 Å². The minimum absolute atomic E-state index is 0. The van der Waals surface area contributed by atoms with Crippen LogP contribution in [0.1, 0.15) is 27.7 Å². The summed E-state index contributed by atoms with van der Waals surface area (Å²) in [6.07, 6.45) is 0. The number of hydrogen-bond donors (Lipinski definition) is 0. The molecule has 0 aliphatic rings. The zero-order valence-electron chi connectivity index (χ0n) is 6.60. The van der Waals surface area contributed by atoms with Gasteiger partial charge in [0.2, 0.25) is 0 Å². The summed E-state index contributed by atoms with van der Waals surface area (Å²) in [7, 11) is 0.426. The maximum atomic E-state index is 2.58. The van der Waals surface area contributed by atoms with Gasteiger partial charge in [-0.25, -0.2) is 0 Å². The predicted molar refractivity (Wildman–Crippen MR) is 42.1 cm³/mol. The van der Waals surface area contributed by atoms with Crippen LogP contribution in [0.15, 0.2) is 0 Å². The number of rotatable bonds is 2. The molecule has 0 aromatic rings. The molecule has 0 aromatic heterocycles. The summed E-state index contributed by atoms with van der Waals surface area (Å²) < 4.78 is 0. The van der Waals surface area contributed by atoms with Crippen LogP contribution in [0.3, 0.4) is 0 Å². The van der Waals surface area contributed by atoms with Crippen LogP contribution in [-0.2, 0) is 0 Å². The van der Waals surface area contributed by atoms with Gasteiger partial charge in [0.1, 0.15) is 0 Å². The van der Waals surface area contributed by atoms with Crippen molar-refractivity contribution in [2.24, 2.45) is 0 Å². The Balaban J connectivity index is 0. The predicted octanol–water partition coefficient (Wildman–Crippen LogP) is -2.61. The molecule has 0 saturated carbocycles. The zero-order valence-corrected chi connectivity index (χ0v) is 6.60. The van der Waals surface area contributed by atoms with E-state index in [1.165, 1.54) is 0 Å². The molecule has 0 aromatic carbocycles. The van der Waals surface area contributed by atoms with Crippen molar-refractivity contribution in [1.82, 2.24) is 4.81 Å². The van der Waals surface area contributed by atoms with Gasteiger partial charge in [-0.3, -0.25) is 0 Å². The molecule has 0 spiro atoms. The van der Waals surface area contributed by atoms with Gasteiger partial charge in [0.25, 0.3) is 0 Å². The fourth-order valence-corrected chi connectivity index (χ4v) is 0.596. The van der Waals surface area contributed by atoms with Gasteiger partial charge >= 0.3 is 18.9 Å². The first-order valence-electron chi connectivity index (χ1n) is 2.83. The molecule has 3 heteroatoms. The fraction of sp³-hybridized carbons (Fsp3) is 1.00. The van der Waals surface area contributed by atoms with E-state index in [4.69, 9.17) is 0 Å². The maximum Gasteiger partial charge on any atom is 1.00 e. The normalized spacial score (nSPS) is 10.7. The third-order valence-electron chi connectivity index (χ3n) is 0.596. The summed E-state index contributed by atoms with van der Waals surface area (Å²) in [6.45, 7) is 9.08. The fourth-order valence-electron chi connectivity index (χ4n) is 0.596. The Morgan fingerprint density at radius 2 is 1.22 bits per heavy atom. The average Bonchev–Trinajstić information content (AvgIpc) is 1.64. The van der Waals surface area contributed by atoms with Gasteiger partial charge in [0.15, 0.2) is 0 Å². The summed E-state index contributed by atoms with van der Waals surface area (Å²) in [5.41, 5.74) is 0. The Morgan fingerprint density at radius 1 is 1.00 bits per heavy atom. The summed E-state index contributed by atoms with van der Waals surface area (Å²) in [5.74, 6) is 0. The van der Waals surface area contributed by atoms with E-state index in [9.17, 15) is 0 Å². The van der Waals surface area contributed by atoms with Crippen LogP contribution < -0.4 is 18.9 Å². The molecule has 0 aliphatic heterocycles. The van der Waals surface area contributed by atoms with Crippen molar-refractivity contribution in [2.75, 3.05) is 0 Å². The number of hydrogen-bond acceptors (Lipinski definition) is 1. The quantitative estimate of drug-likeness (QED) is 0.362. The van der Waals surface area contributed by atoms with Crippen molar-refractivity contribution in [3.63, 3.8) is 0 Å². The molecule has 0 amide bonds. The molecule has 0 radical (unpaired) electrons. The van der Waals surface area contributed by atoms with Crippen LogP contribution in [-0.4, -0.2) is 24.9 Å². The van der Waals surface area contributed by atoms with Gasteiger partial charge < -0.3 is 4.81 Å². The topological polar surface area (TPSA) is 3.24 Å². The molecule has 0 atom stereocenters. The van der Waals surface area contributed by atoms with Crippen LogP contribution in [0.5, 0.6) is 0 Å². The van der Waals surface area contributed by atoms with E-state index in [0.29, 0.717) is 7.98 Å². The Kier molecular flexibility index (Phi) is 7.40. The van der Waals surface area contributed by atoms with Gasteiger partial charge in [-0.05, 0) is 12.1 Å². The molecular formula is C6H17BLiN. The van der Waals surface area contributed by atoms with Gasteiger partial charge in [-0.1, -0.05) is 27.7 Å². The van der Waals surface area contributed by atoms with Crippen molar-refractivity contribution >= 4 is 7.98 Å². The molecule has 0 aliphatic carbocycles. The molecule has 0 fully saturated rings. The molecular weight excluding hydrogens is 104 g/mol. The molecule has 0 saturated heterocycles. The molecule has 9 heavy (non-hydrogen) atoms. The first kappa shape index (κ1) is 12.3. The van der Waals surface area contributed by atoms with Crippen LogP contribution in [0.2, 0.25) is 0 Å². The van der Waals surface area contributed by atoms with E-state index in [-0.39, 0.29) is 18.9 Å². The Morgan fingerprint density at radius 3 is 1.22 bits per heavy atom. The second kappa shape index (κ2) is 5.41. The average molecular weight is 121 g/mol. The van der Waals surface area contributed by atoms with Crippen LogP contribution in [0.4, 0.5) is 0 Å². The maximum absolute atomic E-state index is 2.58. The van der Waals surface area contributed by atoms with Crippen LogP contribution >= 0.6 is 0 Å². The Labute approximate surface area is 71.8 Å². The summed E-state index contributed by atoms with van der Waals surface area (Å²) >= 11 is 0. The van der Waals surface area contributed by atoms with E-state index < -0.39 is 0 Å².